The van der Waals surface area contributed by atoms with Gasteiger partial charge in [0.25, 0.3) is 5.56 Å². The number of rotatable bonds is 4. The first-order chi connectivity index (χ1) is 15.8. The first-order valence-electron chi connectivity index (χ1n) is 10.7. The lowest BCUT2D eigenvalue weighted by atomic mass is 9.99. The zero-order chi connectivity index (χ0) is 23.7. The molecule has 170 valence electrons. The maximum atomic E-state index is 14.5. The highest BCUT2D eigenvalue weighted by molar-refractivity contribution is 5.66. The Morgan fingerprint density at radius 2 is 1.85 bits per heavy atom. The first kappa shape index (κ1) is 22.5. The van der Waals surface area contributed by atoms with E-state index in [2.05, 4.69) is 16.7 Å². The second-order valence-corrected chi connectivity index (χ2v) is 8.29. The third-order valence-electron chi connectivity index (χ3n) is 6.09. The average molecular weight is 450 g/mol. The van der Waals surface area contributed by atoms with Gasteiger partial charge in [-0.1, -0.05) is 19.1 Å². The first-order valence-corrected chi connectivity index (χ1v) is 10.7. The number of benzene rings is 2. The van der Waals surface area contributed by atoms with Crippen molar-refractivity contribution in [2.75, 3.05) is 25.1 Å². The molecule has 0 N–H and O–H groups in total. The van der Waals surface area contributed by atoms with Gasteiger partial charge in [0.05, 0.1) is 24.9 Å². The van der Waals surface area contributed by atoms with Gasteiger partial charge in [-0.2, -0.15) is 0 Å². The number of anilines is 1. The van der Waals surface area contributed by atoms with Crippen molar-refractivity contribution in [3.8, 4) is 22.8 Å². The molecule has 0 unspecified atom stereocenters. The Labute approximate surface area is 190 Å². The number of methoxy groups -OCH3 is 1. The van der Waals surface area contributed by atoms with Crippen molar-refractivity contribution < 1.29 is 13.5 Å². The van der Waals surface area contributed by atoms with Crippen LogP contribution in [0.2, 0.25) is 0 Å². The van der Waals surface area contributed by atoms with Gasteiger partial charge in [0, 0.05) is 24.7 Å². The molecule has 0 spiro atoms. The van der Waals surface area contributed by atoms with Crippen molar-refractivity contribution in [3.05, 3.63) is 75.4 Å². The molecule has 1 saturated heterocycles. The molecule has 0 bridgehead atoms. The average Bonchev–Trinajstić information content (AvgIpc) is 2.81. The third-order valence-corrected chi connectivity index (χ3v) is 6.09. The van der Waals surface area contributed by atoms with Gasteiger partial charge in [-0.05, 0) is 43.9 Å². The molecule has 1 aliphatic heterocycles. The molecule has 1 aromatic heterocycles. The molecule has 1 aliphatic rings. The van der Waals surface area contributed by atoms with E-state index in [1.54, 1.807) is 19.1 Å². The molecule has 2 heterocycles. The van der Waals surface area contributed by atoms with Gasteiger partial charge in [-0.15, -0.1) is 0 Å². The summed E-state index contributed by atoms with van der Waals surface area (Å²) in [4.78, 5) is 23.6. The van der Waals surface area contributed by atoms with Crippen LogP contribution >= 0.6 is 0 Å². The fraction of sp³-hybridized carbons (Fsp3) is 0.320. The molecular weight excluding hydrogens is 426 g/mol. The Balaban J connectivity index is 1.96. The lowest BCUT2D eigenvalue weighted by molar-refractivity contribution is 0.386. The van der Waals surface area contributed by atoms with Crippen molar-refractivity contribution >= 4 is 11.5 Å². The minimum atomic E-state index is -0.710. The standard InChI is InChI=1S/C25H24F2N4O2/c1-15-9-11-30(12-10-15)23-16(2)25(32)31(18-6-8-22(33-4)20(27)14-18)24(29-23)17-5-7-21(28-3)19(26)13-17/h5-8,13-15H,9-12H2,1-2,4H3. The maximum Gasteiger partial charge on any atom is 0.263 e. The quantitative estimate of drug-likeness (QED) is 0.508. The smallest absolute Gasteiger partial charge is 0.263 e. The van der Waals surface area contributed by atoms with Crippen molar-refractivity contribution in [2.24, 2.45) is 5.92 Å². The normalized spacial score (nSPS) is 14.2. The van der Waals surface area contributed by atoms with Crippen LogP contribution in [0.25, 0.3) is 21.9 Å². The summed E-state index contributed by atoms with van der Waals surface area (Å²) in [5.74, 6) is 0.0248. The van der Waals surface area contributed by atoms with Crippen LogP contribution in [-0.2, 0) is 0 Å². The second-order valence-electron chi connectivity index (χ2n) is 8.29. The van der Waals surface area contributed by atoms with Crippen molar-refractivity contribution in [2.45, 2.75) is 26.7 Å². The number of halogens is 2. The number of ether oxygens (including phenoxy) is 1. The molecule has 3 aromatic rings. The van der Waals surface area contributed by atoms with Gasteiger partial charge in [-0.25, -0.2) is 18.6 Å². The predicted molar refractivity (Wildman–Crippen MR) is 123 cm³/mol. The lowest BCUT2D eigenvalue weighted by Gasteiger charge is -2.32. The zero-order valence-corrected chi connectivity index (χ0v) is 18.7. The molecule has 4 rings (SSSR count). The molecule has 0 atom stereocenters. The summed E-state index contributed by atoms with van der Waals surface area (Å²) >= 11 is 0. The fourth-order valence-corrected chi connectivity index (χ4v) is 4.09. The van der Waals surface area contributed by atoms with E-state index in [0.29, 0.717) is 22.9 Å². The molecule has 0 amide bonds. The molecule has 8 heteroatoms. The Kier molecular flexibility index (Phi) is 6.14. The van der Waals surface area contributed by atoms with E-state index in [1.165, 1.54) is 35.9 Å². The lowest BCUT2D eigenvalue weighted by Crippen LogP contribution is -2.36. The van der Waals surface area contributed by atoms with E-state index in [-0.39, 0.29) is 28.5 Å². The Hall–Kier alpha value is -3.73. The fourth-order valence-electron chi connectivity index (χ4n) is 4.09. The van der Waals surface area contributed by atoms with Crippen molar-refractivity contribution in [1.82, 2.24) is 9.55 Å². The van der Waals surface area contributed by atoms with E-state index in [1.807, 2.05) is 0 Å². The molecular formula is C25H24F2N4O2. The summed E-state index contributed by atoms with van der Waals surface area (Å²) < 4.78 is 35.3. The Bertz CT molecular complexity index is 1300. The summed E-state index contributed by atoms with van der Waals surface area (Å²) in [6.07, 6.45) is 1.97. The number of hydrogen-bond donors (Lipinski definition) is 0. The van der Waals surface area contributed by atoms with E-state index in [0.717, 1.165) is 25.9 Å². The summed E-state index contributed by atoms with van der Waals surface area (Å²) in [5, 5.41) is 0. The molecule has 1 fully saturated rings. The van der Waals surface area contributed by atoms with E-state index < -0.39 is 11.6 Å². The minimum absolute atomic E-state index is 0.0459. The van der Waals surface area contributed by atoms with Crippen LogP contribution in [0.5, 0.6) is 5.75 Å². The molecule has 0 radical (unpaired) electrons. The Morgan fingerprint density at radius 3 is 2.45 bits per heavy atom. The van der Waals surface area contributed by atoms with E-state index >= 15 is 0 Å². The van der Waals surface area contributed by atoms with E-state index in [9.17, 15) is 13.6 Å². The highest BCUT2D eigenvalue weighted by Gasteiger charge is 2.24. The maximum absolute atomic E-state index is 14.5. The van der Waals surface area contributed by atoms with Crippen molar-refractivity contribution in [1.29, 1.82) is 0 Å². The minimum Gasteiger partial charge on any atom is -0.494 e. The molecule has 33 heavy (non-hydrogen) atoms. The predicted octanol–water partition coefficient (Wildman–Crippen LogP) is 5.28. The van der Waals surface area contributed by atoms with Gasteiger partial charge < -0.3 is 9.64 Å². The number of nitrogens with zero attached hydrogens (tertiary/aromatic N) is 4. The molecule has 6 nitrogen and oxygen atoms in total. The summed E-state index contributed by atoms with van der Waals surface area (Å²) in [6, 6.07) is 8.26. The summed E-state index contributed by atoms with van der Waals surface area (Å²) in [7, 11) is 1.36. The van der Waals surface area contributed by atoms with Gasteiger partial charge in [-0.3, -0.25) is 9.36 Å². The molecule has 2 aromatic carbocycles. The van der Waals surface area contributed by atoms with Gasteiger partial charge in [0.2, 0.25) is 5.69 Å². The topological polar surface area (TPSA) is 51.7 Å². The number of aromatic nitrogens is 2. The number of hydrogen-bond acceptors (Lipinski definition) is 4. The van der Waals surface area contributed by atoms with E-state index in [4.69, 9.17) is 16.3 Å². The molecule has 0 saturated carbocycles. The van der Waals surface area contributed by atoms with Crippen LogP contribution in [0.3, 0.4) is 0 Å². The SMILES string of the molecule is [C-]#[N+]c1ccc(-c2nc(N3CCC(C)CC3)c(C)c(=O)n2-c2ccc(OC)c(F)c2)cc1F. The van der Waals surface area contributed by atoms with Crippen molar-refractivity contribution in [3.63, 3.8) is 0 Å². The van der Waals surface area contributed by atoms with Crippen LogP contribution < -0.4 is 15.2 Å². The molecule has 0 aliphatic carbocycles. The van der Waals surface area contributed by atoms with Crippen LogP contribution in [0, 0.1) is 31.0 Å². The van der Waals surface area contributed by atoms with Crippen LogP contribution in [0.4, 0.5) is 20.3 Å². The van der Waals surface area contributed by atoms with Crippen LogP contribution in [0.15, 0.2) is 41.2 Å². The van der Waals surface area contributed by atoms with Gasteiger partial charge >= 0.3 is 0 Å². The van der Waals surface area contributed by atoms with Gasteiger partial charge in [0.15, 0.2) is 11.6 Å². The highest BCUT2D eigenvalue weighted by atomic mass is 19.1. The Morgan fingerprint density at radius 1 is 1.12 bits per heavy atom. The van der Waals surface area contributed by atoms with Crippen LogP contribution in [0.1, 0.15) is 25.3 Å². The second kappa shape index (κ2) is 9.02. The number of piperidine rings is 1. The van der Waals surface area contributed by atoms with Crippen LogP contribution in [-0.4, -0.2) is 29.8 Å². The summed E-state index contributed by atoms with van der Waals surface area (Å²) in [5.41, 5.74) is 0.508. The zero-order valence-electron chi connectivity index (χ0n) is 18.7. The van der Waals surface area contributed by atoms with Gasteiger partial charge in [0.1, 0.15) is 17.5 Å². The largest absolute Gasteiger partial charge is 0.494 e. The summed E-state index contributed by atoms with van der Waals surface area (Å²) in [6.45, 7) is 12.5. The monoisotopic (exact) mass is 450 g/mol. The highest BCUT2D eigenvalue weighted by Crippen LogP contribution is 2.30. The third kappa shape index (κ3) is 4.19.